The molecule has 6 nitrogen and oxygen atoms in total. The van der Waals surface area contributed by atoms with Crippen LogP contribution in [0.25, 0.3) is 10.4 Å². The van der Waals surface area contributed by atoms with Gasteiger partial charge in [-0.15, -0.1) is 0 Å². The molecule has 0 radical (unpaired) electrons. The molecule has 1 heterocycles. The predicted molar refractivity (Wildman–Crippen MR) is 74.5 cm³/mol. The maximum Gasteiger partial charge on any atom is 0.158 e. The zero-order valence-electron chi connectivity index (χ0n) is 11.5. The third-order valence-corrected chi connectivity index (χ3v) is 4.44. The van der Waals surface area contributed by atoms with Gasteiger partial charge in [0.05, 0.1) is 12.1 Å². The highest BCUT2D eigenvalue weighted by molar-refractivity contribution is 5.76. The maximum atomic E-state index is 8.33. The minimum atomic E-state index is -0.00636. The van der Waals surface area contributed by atoms with Gasteiger partial charge in [-0.25, -0.2) is 0 Å². The molecule has 3 aliphatic rings. The van der Waals surface area contributed by atoms with Crippen molar-refractivity contribution in [1.29, 1.82) is 5.41 Å². The van der Waals surface area contributed by atoms with Crippen LogP contribution >= 0.6 is 0 Å². The van der Waals surface area contributed by atoms with Gasteiger partial charge in [-0.2, -0.15) is 0 Å². The first-order valence-electron chi connectivity index (χ1n) is 7.29. The Balaban J connectivity index is 1.56. The van der Waals surface area contributed by atoms with E-state index in [4.69, 9.17) is 20.4 Å². The molecule has 3 unspecified atom stereocenters. The molecule has 1 saturated heterocycles. The van der Waals surface area contributed by atoms with Crippen LogP contribution in [0.2, 0.25) is 0 Å². The Morgan fingerprint density at radius 3 is 3.00 bits per heavy atom. The fraction of sp³-hybridized carbons (Fsp3) is 0.786. The van der Waals surface area contributed by atoms with Gasteiger partial charge in [-0.1, -0.05) is 11.2 Å². The van der Waals surface area contributed by atoms with E-state index < -0.39 is 0 Å². The van der Waals surface area contributed by atoms with Gasteiger partial charge in [0.1, 0.15) is 0 Å². The third-order valence-electron chi connectivity index (χ3n) is 4.44. The molecule has 3 atom stereocenters. The summed E-state index contributed by atoms with van der Waals surface area (Å²) in [5.74, 6) is 1.01. The van der Waals surface area contributed by atoms with Gasteiger partial charge in [0.25, 0.3) is 0 Å². The summed E-state index contributed by atoms with van der Waals surface area (Å²) in [6.07, 6.45) is 8.82. The standard InChI is InChI=1S/C14H20N4O2/c15-8-10(9-17-18-16)6-11-7-12(11)14(3-4-14)20-13-2-1-5-19-13/h6,8,11-13,15H,1-5,7,9H2/b10-6-,15-8?. The second-order valence-corrected chi connectivity index (χ2v) is 5.91. The lowest BCUT2D eigenvalue weighted by Gasteiger charge is -2.21. The summed E-state index contributed by atoms with van der Waals surface area (Å²) in [4.78, 5) is 2.74. The molecule has 6 heteroatoms. The molecule has 0 aromatic carbocycles. The molecule has 2 saturated carbocycles. The second kappa shape index (κ2) is 5.56. The lowest BCUT2D eigenvalue weighted by molar-refractivity contribution is -0.161. The van der Waals surface area contributed by atoms with Crippen LogP contribution in [0.15, 0.2) is 16.8 Å². The third kappa shape index (κ3) is 2.87. The first kappa shape index (κ1) is 13.6. The molecule has 0 amide bonds. The number of allylic oxidation sites excluding steroid dienone is 1. The summed E-state index contributed by atoms with van der Waals surface area (Å²) < 4.78 is 11.7. The number of hydrogen-bond acceptors (Lipinski definition) is 4. The van der Waals surface area contributed by atoms with Crippen molar-refractivity contribution >= 4 is 6.21 Å². The Kier molecular flexibility index (Phi) is 3.78. The fourth-order valence-corrected chi connectivity index (χ4v) is 3.14. The van der Waals surface area contributed by atoms with Crippen LogP contribution in [-0.2, 0) is 9.47 Å². The molecule has 3 fully saturated rings. The number of nitrogens with zero attached hydrogens (tertiary/aromatic N) is 3. The number of hydrogen-bond donors (Lipinski definition) is 1. The van der Waals surface area contributed by atoms with E-state index >= 15 is 0 Å². The molecular weight excluding hydrogens is 256 g/mol. The first-order valence-corrected chi connectivity index (χ1v) is 7.29. The number of azide groups is 1. The zero-order chi connectivity index (χ0) is 14.0. The van der Waals surface area contributed by atoms with Crippen LogP contribution in [0.3, 0.4) is 0 Å². The molecule has 20 heavy (non-hydrogen) atoms. The van der Waals surface area contributed by atoms with E-state index in [1.807, 2.05) is 0 Å². The van der Waals surface area contributed by atoms with Crippen molar-refractivity contribution in [1.82, 2.24) is 0 Å². The van der Waals surface area contributed by atoms with Crippen molar-refractivity contribution in [3.63, 3.8) is 0 Å². The van der Waals surface area contributed by atoms with Crippen molar-refractivity contribution in [2.45, 2.75) is 44.0 Å². The van der Waals surface area contributed by atoms with Gasteiger partial charge in [0.15, 0.2) is 6.29 Å². The highest BCUT2D eigenvalue weighted by Crippen LogP contribution is 2.61. The molecule has 0 bridgehead atoms. The van der Waals surface area contributed by atoms with Crippen molar-refractivity contribution < 1.29 is 9.47 Å². The van der Waals surface area contributed by atoms with Gasteiger partial charge in [-0.05, 0) is 48.6 Å². The smallest absolute Gasteiger partial charge is 0.158 e. The molecule has 2 aliphatic carbocycles. The molecule has 108 valence electrons. The van der Waals surface area contributed by atoms with E-state index in [1.54, 1.807) is 0 Å². The SMILES string of the molecule is [N-]=[N+]=NC/C(C=N)=C\C1CC1C1(OC2CCCO2)CC1. The number of ether oxygens (including phenoxy) is 2. The molecular formula is C14H20N4O2. The van der Waals surface area contributed by atoms with Gasteiger partial charge in [0, 0.05) is 24.2 Å². The summed E-state index contributed by atoms with van der Waals surface area (Å²) in [6.45, 7) is 1.08. The normalized spacial score (nSPS) is 34.4. The summed E-state index contributed by atoms with van der Waals surface area (Å²) >= 11 is 0. The van der Waals surface area contributed by atoms with Crippen LogP contribution in [-0.4, -0.2) is 31.3 Å². The second-order valence-electron chi connectivity index (χ2n) is 5.91. The summed E-state index contributed by atoms with van der Waals surface area (Å²) in [5.41, 5.74) is 9.16. The highest BCUT2D eigenvalue weighted by atomic mass is 16.7. The van der Waals surface area contributed by atoms with Crippen LogP contribution in [0.5, 0.6) is 0 Å². The Labute approximate surface area is 118 Å². The highest BCUT2D eigenvalue weighted by Gasteiger charge is 2.60. The molecule has 1 N–H and O–H groups in total. The summed E-state index contributed by atoms with van der Waals surface area (Å²) in [6, 6.07) is 0. The van der Waals surface area contributed by atoms with Gasteiger partial charge < -0.3 is 14.9 Å². The van der Waals surface area contributed by atoms with Crippen LogP contribution < -0.4 is 0 Å². The first-order chi connectivity index (χ1) is 9.77. The van der Waals surface area contributed by atoms with E-state index in [9.17, 15) is 0 Å². The minimum Gasteiger partial charge on any atom is -0.353 e. The zero-order valence-corrected chi connectivity index (χ0v) is 11.5. The topological polar surface area (TPSA) is 91.1 Å². The minimum absolute atomic E-state index is 0.00636. The summed E-state index contributed by atoms with van der Waals surface area (Å²) in [7, 11) is 0. The van der Waals surface area contributed by atoms with Crippen LogP contribution in [0, 0.1) is 17.2 Å². The lowest BCUT2D eigenvalue weighted by atomic mass is 10.1. The van der Waals surface area contributed by atoms with Gasteiger partial charge in [0.2, 0.25) is 0 Å². The van der Waals surface area contributed by atoms with E-state index in [1.165, 1.54) is 6.21 Å². The van der Waals surface area contributed by atoms with E-state index in [0.717, 1.165) is 44.3 Å². The lowest BCUT2D eigenvalue weighted by Crippen LogP contribution is -2.25. The Hall–Kier alpha value is -1.36. The van der Waals surface area contributed by atoms with E-state index in [2.05, 4.69) is 16.1 Å². The van der Waals surface area contributed by atoms with Crippen molar-refractivity contribution in [3.05, 3.63) is 22.1 Å². The molecule has 3 rings (SSSR count). The number of rotatable bonds is 7. The summed E-state index contributed by atoms with van der Waals surface area (Å²) in [5, 5.41) is 10.9. The Bertz CT molecular complexity index is 460. The maximum absolute atomic E-state index is 8.33. The molecule has 0 spiro atoms. The molecule has 0 aromatic rings. The number of nitrogens with one attached hydrogen (secondary N) is 1. The van der Waals surface area contributed by atoms with E-state index in [-0.39, 0.29) is 18.4 Å². The average Bonchev–Trinajstić information content (AvgIpc) is 3.34. The molecule has 1 aliphatic heterocycles. The predicted octanol–water partition coefficient (Wildman–Crippen LogP) is 3.19. The van der Waals surface area contributed by atoms with Gasteiger partial charge in [-0.3, -0.25) is 0 Å². The average molecular weight is 276 g/mol. The van der Waals surface area contributed by atoms with Crippen molar-refractivity contribution in [2.24, 2.45) is 17.0 Å². The fourth-order valence-electron chi connectivity index (χ4n) is 3.14. The van der Waals surface area contributed by atoms with Crippen molar-refractivity contribution in [3.8, 4) is 0 Å². The van der Waals surface area contributed by atoms with E-state index in [0.29, 0.717) is 11.8 Å². The van der Waals surface area contributed by atoms with Gasteiger partial charge >= 0.3 is 0 Å². The molecule has 0 aromatic heterocycles. The van der Waals surface area contributed by atoms with Crippen molar-refractivity contribution in [2.75, 3.05) is 13.2 Å². The Morgan fingerprint density at radius 1 is 1.55 bits per heavy atom. The Morgan fingerprint density at radius 2 is 2.40 bits per heavy atom. The van der Waals surface area contributed by atoms with Crippen LogP contribution in [0.1, 0.15) is 32.1 Å². The largest absolute Gasteiger partial charge is 0.353 e. The van der Waals surface area contributed by atoms with Crippen LogP contribution in [0.4, 0.5) is 0 Å². The quantitative estimate of drug-likeness (QED) is 0.335. The monoisotopic (exact) mass is 276 g/mol.